The van der Waals surface area contributed by atoms with Crippen LogP contribution in [0.15, 0.2) is 24.3 Å². The maximum atomic E-state index is 12.2. The van der Waals surface area contributed by atoms with Gasteiger partial charge in [0.25, 0.3) is 5.91 Å². The SMILES string of the molecule is CC(c1ccccc1Cl)N(C)C(=O)c1nnc(N)s1. The van der Waals surface area contributed by atoms with Gasteiger partial charge in [0.2, 0.25) is 10.1 Å². The fourth-order valence-electron chi connectivity index (χ4n) is 1.67. The first kappa shape index (κ1) is 13.8. The Bertz CT molecular complexity index is 601. The average Bonchev–Trinajstić information content (AvgIpc) is 2.83. The first-order valence-electron chi connectivity index (χ1n) is 5.61. The molecule has 0 spiro atoms. The van der Waals surface area contributed by atoms with Gasteiger partial charge in [-0.1, -0.05) is 41.1 Å². The molecular weight excluding hydrogens is 284 g/mol. The zero-order valence-corrected chi connectivity index (χ0v) is 12.1. The predicted octanol–water partition coefficient (Wildman–Crippen LogP) is 2.61. The molecule has 1 unspecified atom stereocenters. The summed E-state index contributed by atoms with van der Waals surface area (Å²) in [4.78, 5) is 13.8. The smallest absolute Gasteiger partial charge is 0.285 e. The monoisotopic (exact) mass is 296 g/mol. The number of carbonyl (C=O) groups excluding carboxylic acids is 1. The van der Waals surface area contributed by atoms with Crippen LogP contribution >= 0.6 is 22.9 Å². The first-order valence-corrected chi connectivity index (χ1v) is 6.80. The fraction of sp³-hybridized carbons (Fsp3) is 0.250. The van der Waals surface area contributed by atoms with Crippen molar-refractivity contribution in [2.45, 2.75) is 13.0 Å². The summed E-state index contributed by atoms with van der Waals surface area (Å²) < 4.78 is 0. The van der Waals surface area contributed by atoms with E-state index in [1.54, 1.807) is 18.0 Å². The van der Waals surface area contributed by atoms with Crippen molar-refractivity contribution in [3.8, 4) is 0 Å². The molecular formula is C12H13ClN4OS. The van der Waals surface area contributed by atoms with Crippen LogP contribution in [0.5, 0.6) is 0 Å². The number of benzene rings is 1. The summed E-state index contributed by atoms with van der Waals surface area (Å²) in [7, 11) is 1.70. The summed E-state index contributed by atoms with van der Waals surface area (Å²) in [5, 5.41) is 8.58. The Balaban J connectivity index is 2.22. The molecule has 2 N–H and O–H groups in total. The highest BCUT2D eigenvalue weighted by molar-refractivity contribution is 7.16. The molecule has 1 aromatic carbocycles. The lowest BCUT2D eigenvalue weighted by atomic mass is 10.1. The van der Waals surface area contributed by atoms with Crippen LogP contribution in [0.4, 0.5) is 5.13 Å². The van der Waals surface area contributed by atoms with Gasteiger partial charge in [-0.15, -0.1) is 10.2 Å². The van der Waals surface area contributed by atoms with Crippen molar-refractivity contribution in [2.75, 3.05) is 12.8 Å². The maximum absolute atomic E-state index is 12.2. The lowest BCUT2D eigenvalue weighted by molar-refractivity contribution is 0.0741. The third-order valence-corrected chi connectivity index (χ3v) is 3.96. The van der Waals surface area contributed by atoms with Gasteiger partial charge in [0, 0.05) is 12.1 Å². The molecule has 1 amide bonds. The van der Waals surface area contributed by atoms with E-state index in [-0.39, 0.29) is 22.1 Å². The van der Waals surface area contributed by atoms with Crippen molar-refractivity contribution < 1.29 is 4.79 Å². The number of amides is 1. The van der Waals surface area contributed by atoms with E-state index >= 15 is 0 Å². The molecule has 19 heavy (non-hydrogen) atoms. The Morgan fingerprint density at radius 3 is 2.68 bits per heavy atom. The molecule has 0 aliphatic heterocycles. The molecule has 0 saturated heterocycles. The average molecular weight is 297 g/mol. The molecule has 0 aliphatic rings. The number of hydrogen-bond donors (Lipinski definition) is 1. The number of nitrogens with zero attached hydrogens (tertiary/aromatic N) is 3. The van der Waals surface area contributed by atoms with Crippen molar-refractivity contribution in [3.63, 3.8) is 0 Å². The van der Waals surface area contributed by atoms with Gasteiger partial charge in [-0.05, 0) is 18.6 Å². The molecule has 7 heteroatoms. The lowest BCUT2D eigenvalue weighted by Crippen LogP contribution is -2.29. The van der Waals surface area contributed by atoms with Crippen molar-refractivity contribution >= 4 is 34.0 Å². The van der Waals surface area contributed by atoms with Gasteiger partial charge in [-0.25, -0.2) is 0 Å². The Labute approximate surface area is 120 Å². The highest BCUT2D eigenvalue weighted by atomic mass is 35.5. The number of nitrogens with two attached hydrogens (primary N) is 1. The Morgan fingerprint density at radius 1 is 1.42 bits per heavy atom. The van der Waals surface area contributed by atoms with Crippen molar-refractivity contribution in [1.82, 2.24) is 15.1 Å². The van der Waals surface area contributed by atoms with Crippen LogP contribution in [0.3, 0.4) is 0 Å². The topological polar surface area (TPSA) is 72.1 Å². The number of hydrogen-bond acceptors (Lipinski definition) is 5. The van der Waals surface area contributed by atoms with Crippen LogP contribution in [-0.2, 0) is 0 Å². The van der Waals surface area contributed by atoms with Crippen molar-refractivity contribution in [3.05, 3.63) is 39.9 Å². The van der Waals surface area contributed by atoms with E-state index in [2.05, 4.69) is 10.2 Å². The molecule has 0 radical (unpaired) electrons. The minimum Gasteiger partial charge on any atom is -0.374 e. The van der Waals surface area contributed by atoms with E-state index in [4.69, 9.17) is 17.3 Å². The molecule has 100 valence electrons. The highest BCUT2D eigenvalue weighted by Gasteiger charge is 2.23. The highest BCUT2D eigenvalue weighted by Crippen LogP contribution is 2.27. The first-order chi connectivity index (χ1) is 9.00. The van der Waals surface area contributed by atoms with Crippen LogP contribution < -0.4 is 5.73 Å². The summed E-state index contributed by atoms with van der Waals surface area (Å²) >= 11 is 7.21. The minimum absolute atomic E-state index is 0.161. The molecule has 0 aliphatic carbocycles. The Morgan fingerprint density at radius 2 is 2.11 bits per heavy atom. The molecule has 5 nitrogen and oxygen atoms in total. The summed E-state index contributed by atoms with van der Waals surface area (Å²) in [5.74, 6) is -0.221. The lowest BCUT2D eigenvalue weighted by Gasteiger charge is -2.25. The number of halogens is 1. The molecule has 0 bridgehead atoms. The van der Waals surface area contributed by atoms with Crippen LogP contribution in [0.25, 0.3) is 0 Å². The molecule has 1 heterocycles. The van der Waals surface area contributed by atoms with Gasteiger partial charge in [0.05, 0.1) is 6.04 Å². The van der Waals surface area contributed by atoms with Crippen LogP contribution in [0.1, 0.15) is 28.3 Å². The van der Waals surface area contributed by atoms with E-state index < -0.39 is 0 Å². The molecule has 2 rings (SSSR count). The fourth-order valence-corrected chi connectivity index (χ4v) is 2.56. The zero-order chi connectivity index (χ0) is 14.0. The van der Waals surface area contributed by atoms with E-state index in [0.29, 0.717) is 5.02 Å². The third kappa shape index (κ3) is 2.85. The van der Waals surface area contributed by atoms with Crippen LogP contribution in [0, 0.1) is 0 Å². The van der Waals surface area contributed by atoms with Crippen molar-refractivity contribution in [1.29, 1.82) is 0 Å². The molecule has 2 aromatic rings. The second-order valence-electron chi connectivity index (χ2n) is 4.06. The molecule has 0 fully saturated rings. The number of aromatic nitrogens is 2. The quantitative estimate of drug-likeness (QED) is 0.945. The summed E-state index contributed by atoms with van der Waals surface area (Å²) in [5.41, 5.74) is 6.37. The molecule has 1 aromatic heterocycles. The van der Waals surface area contributed by atoms with Gasteiger partial charge >= 0.3 is 0 Å². The summed E-state index contributed by atoms with van der Waals surface area (Å²) in [6, 6.07) is 7.27. The molecule has 1 atom stereocenters. The van der Waals surface area contributed by atoms with Gasteiger partial charge in [-0.3, -0.25) is 4.79 Å². The van der Waals surface area contributed by atoms with Crippen LogP contribution in [-0.4, -0.2) is 28.1 Å². The number of anilines is 1. The van der Waals surface area contributed by atoms with E-state index in [0.717, 1.165) is 16.9 Å². The van der Waals surface area contributed by atoms with Gasteiger partial charge in [-0.2, -0.15) is 0 Å². The third-order valence-electron chi connectivity index (χ3n) is 2.88. The van der Waals surface area contributed by atoms with Crippen LogP contribution in [0.2, 0.25) is 5.02 Å². The van der Waals surface area contributed by atoms with Gasteiger partial charge in [0.15, 0.2) is 0 Å². The maximum Gasteiger partial charge on any atom is 0.285 e. The second-order valence-corrected chi connectivity index (χ2v) is 5.48. The van der Waals surface area contributed by atoms with Gasteiger partial charge < -0.3 is 10.6 Å². The normalized spacial score (nSPS) is 12.2. The Hall–Kier alpha value is -1.66. The summed E-state index contributed by atoms with van der Waals surface area (Å²) in [6.07, 6.45) is 0. The molecule has 0 saturated carbocycles. The Kier molecular flexibility index (Phi) is 4.01. The number of rotatable bonds is 3. The van der Waals surface area contributed by atoms with E-state index in [9.17, 15) is 4.79 Å². The van der Waals surface area contributed by atoms with Gasteiger partial charge in [0.1, 0.15) is 0 Å². The van der Waals surface area contributed by atoms with E-state index in [1.165, 1.54) is 0 Å². The minimum atomic E-state index is -0.221. The largest absolute Gasteiger partial charge is 0.374 e. The summed E-state index contributed by atoms with van der Waals surface area (Å²) in [6.45, 7) is 1.91. The van der Waals surface area contributed by atoms with E-state index in [1.807, 2.05) is 25.1 Å². The number of carbonyl (C=O) groups is 1. The second kappa shape index (κ2) is 5.54. The standard InChI is InChI=1S/C12H13ClN4OS/c1-7(8-5-3-4-6-9(8)13)17(2)11(18)10-15-16-12(14)19-10/h3-7H,1-2H3,(H2,14,16). The van der Waals surface area contributed by atoms with Crippen molar-refractivity contribution in [2.24, 2.45) is 0 Å². The predicted molar refractivity (Wildman–Crippen MR) is 76.3 cm³/mol. The number of nitrogen functional groups attached to an aromatic ring is 1. The zero-order valence-electron chi connectivity index (χ0n) is 10.5.